The number of rotatable bonds is 18. The molecule has 0 bridgehead atoms. The van der Waals surface area contributed by atoms with Gasteiger partial charge in [0.05, 0.1) is 4.88 Å². The van der Waals surface area contributed by atoms with Gasteiger partial charge >= 0.3 is 6.97 Å². The molecule has 2 aromatic heterocycles. The van der Waals surface area contributed by atoms with E-state index in [0.29, 0.717) is 66.5 Å². The number of Topliss-reactive ketones (excluding diaryl/α,β-unsaturated/α-hetero) is 1. The molecule has 3 aliphatic rings. The zero-order valence-corrected chi connectivity index (χ0v) is 36.7. The van der Waals surface area contributed by atoms with Crippen molar-refractivity contribution in [2.24, 2.45) is 0 Å². The van der Waals surface area contributed by atoms with Crippen molar-refractivity contribution in [3.05, 3.63) is 153 Å². The van der Waals surface area contributed by atoms with Crippen LogP contribution in [0, 0.1) is 0 Å². The highest BCUT2D eigenvalue weighted by Crippen LogP contribution is 2.36. The van der Waals surface area contributed by atoms with Crippen molar-refractivity contribution in [3.63, 3.8) is 0 Å². The van der Waals surface area contributed by atoms with E-state index in [1.54, 1.807) is 72.8 Å². The fourth-order valence-electron chi connectivity index (χ4n) is 8.65. The first-order valence-corrected chi connectivity index (χ1v) is 22.8. The number of allylic oxidation sites excluding steroid dienone is 2. The number of fused-ring (bicyclic) bond motifs is 3. The Morgan fingerprint density at radius 3 is 2.52 bits per heavy atom. The second-order valence-electron chi connectivity index (χ2n) is 16.6. The molecule has 10 nitrogen and oxygen atoms in total. The van der Waals surface area contributed by atoms with E-state index in [0.717, 1.165) is 62.9 Å². The fraction of sp³-hybridized carbons (Fsp3) is 0.280. The quantitative estimate of drug-likeness (QED) is 0.0598. The van der Waals surface area contributed by atoms with Gasteiger partial charge in [0.25, 0.3) is 5.91 Å². The molecule has 3 N–H and O–H groups in total. The number of halogens is 2. The van der Waals surface area contributed by atoms with Crippen molar-refractivity contribution in [3.8, 4) is 11.5 Å². The van der Waals surface area contributed by atoms with Crippen molar-refractivity contribution in [2.75, 3.05) is 38.6 Å². The fourth-order valence-corrected chi connectivity index (χ4v) is 9.39. The molecule has 14 heteroatoms. The predicted molar refractivity (Wildman–Crippen MR) is 251 cm³/mol. The van der Waals surface area contributed by atoms with Gasteiger partial charge in [0.1, 0.15) is 17.3 Å². The number of thiophene rings is 1. The molecule has 3 aromatic carbocycles. The van der Waals surface area contributed by atoms with Crippen LogP contribution >= 0.6 is 11.3 Å². The lowest BCUT2D eigenvalue weighted by Gasteiger charge is -2.30. The van der Waals surface area contributed by atoms with Gasteiger partial charge in [0.2, 0.25) is 5.91 Å². The summed E-state index contributed by atoms with van der Waals surface area (Å²) >= 11 is 1.43. The minimum atomic E-state index is -4.12. The maximum Gasteiger partial charge on any atom is 0.737 e. The number of unbranched alkanes of at least 4 members (excludes halogenated alkanes) is 2. The highest BCUT2D eigenvalue weighted by Gasteiger charge is 2.52. The number of likely N-dealkylation sites (N-methyl/N-ethyl adjacent to an activating group) is 1. The Labute approximate surface area is 376 Å². The van der Waals surface area contributed by atoms with Gasteiger partial charge < -0.3 is 43.0 Å². The molecule has 1 atom stereocenters. The molecule has 5 heterocycles. The van der Waals surface area contributed by atoms with E-state index in [2.05, 4.69) is 22.6 Å². The Hall–Kier alpha value is -6.38. The Kier molecular flexibility index (Phi) is 13.8. The smallest absolute Gasteiger partial charge is 0.508 e. The van der Waals surface area contributed by atoms with E-state index in [1.807, 2.05) is 53.9 Å². The van der Waals surface area contributed by atoms with Crippen molar-refractivity contribution in [2.45, 2.75) is 57.3 Å². The molecular formula is C50H52BF2N5O5S. The van der Waals surface area contributed by atoms with Crippen LogP contribution in [0.5, 0.6) is 11.5 Å². The molecule has 0 aliphatic carbocycles. The van der Waals surface area contributed by atoms with Crippen molar-refractivity contribution in [1.82, 2.24) is 14.7 Å². The van der Waals surface area contributed by atoms with Gasteiger partial charge in [-0.15, -0.1) is 11.3 Å². The van der Waals surface area contributed by atoms with Gasteiger partial charge in [0.15, 0.2) is 18.0 Å². The number of aromatic hydroxyl groups is 1. The third-order valence-corrected chi connectivity index (χ3v) is 12.9. The summed E-state index contributed by atoms with van der Waals surface area (Å²) in [6.45, 7) is -2.01. The van der Waals surface area contributed by atoms with Crippen LogP contribution in [0.25, 0.3) is 18.2 Å². The number of ketones is 1. The van der Waals surface area contributed by atoms with Crippen LogP contribution in [0.1, 0.15) is 89.4 Å². The molecular weight excluding hydrogens is 831 g/mol. The van der Waals surface area contributed by atoms with E-state index in [9.17, 15) is 19.5 Å². The molecule has 330 valence electrons. The summed E-state index contributed by atoms with van der Waals surface area (Å²) in [6.07, 6.45) is 13.4. The average Bonchev–Trinajstić information content (AvgIpc) is 4.05. The summed E-state index contributed by atoms with van der Waals surface area (Å²) < 4.78 is 40.1. The molecule has 1 unspecified atom stereocenters. The number of amides is 2. The first kappa shape index (κ1) is 44.2. The Morgan fingerprint density at radius 2 is 1.72 bits per heavy atom. The van der Waals surface area contributed by atoms with E-state index in [-0.39, 0.29) is 42.3 Å². The van der Waals surface area contributed by atoms with Crippen LogP contribution in [0.15, 0.2) is 114 Å². The molecule has 0 radical (unpaired) electrons. The number of benzene rings is 3. The average molecular weight is 884 g/mol. The number of ether oxygens (including phenoxy) is 1. The Bertz CT molecular complexity index is 2620. The first-order valence-electron chi connectivity index (χ1n) is 21.9. The molecule has 8 rings (SSSR count). The number of carbonyl (C=O) groups excluding carboxylic acids is 3. The van der Waals surface area contributed by atoms with Crippen LogP contribution in [0.3, 0.4) is 0 Å². The van der Waals surface area contributed by atoms with Gasteiger partial charge in [0, 0.05) is 80.1 Å². The predicted octanol–water partition coefficient (Wildman–Crippen LogP) is 9.13. The minimum Gasteiger partial charge on any atom is -0.508 e. The highest BCUT2D eigenvalue weighted by atomic mass is 32.1. The maximum atomic E-state index is 16.1. The van der Waals surface area contributed by atoms with Crippen LogP contribution in [0.4, 0.5) is 14.3 Å². The van der Waals surface area contributed by atoms with Gasteiger partial charge in [-0.2, -0.15) is 0 Å². The van der Waals surface area contributed by atoms with E-state index in [4.69, 9.17) is 4.74 Å². The molecule has 0 saturated heterocycles. The number of phenols is 1. The van der Waals surface area contributed by atoms with E-state index >= 15 is 8.63 Å². The van der Waals surface area contributed by atoms with Gasteiger partial charge in [-0.3, -0.25) is 14.4 Å². The SMILES string of the molecule is CN1CCc2ccc(O)cc2C(c2ccc(NC(=O)CCCC(=O)CCCCCNC(=O)COc3ccc(/C=C/c4ccc5n4[B-](F)(F)[N+]4=C(c6cccs6)C=CC4=C5)cc3)cc2)C1. The summed E-state index contributed by atoms with van der Waals surface area (Å²) in [5.74, 6) is 0.640. The summed E-state index contributed by atoms with van der Waals surface area (Å²) in [4.78, 5) is 40.6. The summed E-state index contributed by atoms with van der Waals surface area (Å²) in [6, 6.07) is 27.7. The minimum absolute atomic E-state index is 0.117. The molecule has 5 aromatic rings. The largest absolute Gasteiger partial charge is 0.737 e. The number of anilines is 1. The summed E-state index contributed by atoms with van der Waals surface area (Å²) in [5, 5.41) is 17.8. The number of nitrogens with zero attached hydrogens (tertiary/aromatic N) is 3. The maximum absolute atomic E-state index is 16.1. The van der Waals surface area contributed by atoms with E-state index < -0.39 is 6.97 Å². The monoisotopic (exact) mass is 883 g/mol. The highest BCUT2D eigenvalue weighted by molar-refractivity contribution is 7.12. The lowest BCUT2D eigenvalue weighted by molar-refractivity contribution is -0.360. The van der Waals surface area contributed by atoms with Crippen LogP contribution < -0.4 is 15.4 Å². The standard InChI is InChI=1S/C50H52BF2N5O5S/c1-56-29-27-37-16-23-43(60)32-45(37)46(33-56)36-14-17-38(18-15-36)55-49(61)10-5-8-42(59)7-3-2-4-28-54-50(62)34-63-44-24-12-35(13-25-44)11-19-39-20-21-40-31-41-22-26-47(48-9-6-30-64-48)58(41)51(52,53)57(39)40/h6,9,11-26,30-32,46,60H,2-5,7-8,10,27-29,33-34H2,1H3,(H,54,62)(H,55,61)/b19-11+. The van der Waals surface area contributed by atoms with Crippen molar-refractivity contribution in [1.29, 1.82) is 0 Å². The second-order valence-corrected chi connectivity index (χ2v) is 17.6. The number of hydrogen-bond acceptors (Lipinski definition) is 7. The van der Waals surface area contributed by atoms with Crippen LogP contribution in [-0.4, -0.2) is 82.5 Å². The molecule has 64 heavy (non-hydrogen) atoms. The third-order valence-electron chi connectivity index (χ3n) is 12.0. The van der Waals surface area contributed by atoms with E-state index in [1.165, 1.54) is 16.9 Å². The zero-order valence-electron chi connectivity index (χ0n) is 35.9. The topological polar surface area (TPSA) is 116 Å². The van der Waals surface area contributed by atoms with Crippen LogP contribution in [-0.2, 0) is 20.8 Å². The van der Waals surface area contributed by atoms with Crippen LogP contribution in [0.2, 0.25) is 0 Å². The number of nitrogens with one attached hydrogen (secondary N) is 2. The normalized spacial score (nSPS) is 16.5. The van der Waals surface area contributed by atoms with Gasteiger partial charge in [-0.25, -0.2) is 0 Å². The Balaban J connectivity index is 0.691. The lowest BCUT2D eigenvalue weighted by atomic mass is 9.88. The molecule has 0 fully saturated rings. The Morgan fingerprint density at radius 1 is 0.906 bits per heavy atom. The first-order chi connectivity index (χ1) is 31.0. The van der Waals surface area contributed by atoms with Gasteiger partial charge in [-0.05, 0) is 121 Å². The molecule has 3 aliphatic heterocycles. The number of aromatic nitrogens is 1. The van der Waals surface area contributed by atoms with Gasteiger partial charge in [-0.1, -0.05) is 48.9 Å². The number of hydrogen-bond donors (Lipinski definition) is 3. The van der Waals surface area contributed by atoms with Crippen molar-refractivity contribution >= 4 is 65.5 Å². The third kappa shape index (κ3) is 10.5. The lowest BCUT2D eigenvalue weighted by Crippen LogP contribution is -2.50. The number of carbonyl (C=O) groups is 3. The van der Waals surface area contributed by atoms with Crippen molar-refractivity contribution < 1.29 is 37.3 Å². The summed E-state index contributed by atoms with van der Waals surface area (Å²) in [5.41, 5.74) is 6.82. The molecule has 0 spiro atoms. The zero-order chi connectivity index (χ0) is 44.6. The number of phenolic OH excluding ortho intramolecular Hbond substituents is 1. The molecule has 2 amide bonds. The molecule has 0 saturated carbocycles. The summed E-state index contributed by atoms with van der Waals surface area (Å²) in [7, 11) is 2.11. The second kappa shape index (κ2) is 20.0.